The Kier molecular flexibility index (Phi) is 8.08. The molecule has 0 fully saturated rings. The first kappa shape index (κ1) is 24.1. The molecule has 3 rings (SSSR count). The van der Waals surface area contributed by atoms with Crippen molar-refractivity contribution in [3.8, 4) is 5.75 Å². The van der Waals surface area contributed by atoms with E-state index >= 15 is 0 Å². The molecular formula is C21H18BrI2N3O4. The van der Waals surface area contributed by atoms with Crippen molar-refractivity contribution >= 4 is 84.2 Å². The summed E-state index contributed by atoms with van der Waals surface area (Å²) in [6.45, 7) is 5.44. The van der Waals surface area contributed by atoms with E-state index in [-0.39, 0.29) is 5.56 Å². The minimum Gasteiger partial charge on any atom is -0.477 e. The first-order valence-corrected chi connectivity index (χ1v) is 12.2. The average molecular weight is 710 g/mol. The van der Waals surface area contributed by atoms with Gasteiger partial charge in [0, 0.05) is 4.47 Å². The topological polar surface area (TPSA) is 82.8 Å². The van der Waals surface area contributed by atoms with Crippen LogP contribution in [0.2, 0.25) is 0 Å². The molecule has 10 heteroatoms. The molecule has 2 aromatic carbocycles. The molecule has 0 aliphatic carbocycles. The number of carbonyl (C=O) groups is 1. The van der Waals surface area contributed by atoms with Crippen LogP contribution in [0.25, 0.3) is 10.9 Å². The largest absolute Gasteiger partial charge is 0.477 e. The zero-order valence-electron chi connectivity index (χ0n) is 16.9. The summed E-state index contributed by atoms with van der Waals surface area (Å²) in [6.07, 6.45) is 0.883. The molecule has 3 aromatic rings. The Morgan fingerprint density at radius 1 is 1.29 bits per heavy atom. The van der Waals surface area contributed by atoms with Crippen LogP contribution in [0, 0.1) is 14.1 Å². The molecule has 0 saturated carbocycles. The molecular weight excluding hydrogens is 692 g/mol. The Bertz CT molecular complexity index is 1220. The van der Waals surface area contributed by atoms with E-state index in [1.807, 2.05) is 18.2 Å². The van der Waals surface area contributed by atoms with Gasteiger partial charge in [0.05, 0.1) is 30.9 Å². The Morgan fingerprint density at radius 3 is 2.61 bits per heavy atom. The summed E-state index contributed by atoms with van der Waals surface area (Å²) in [4.78, 5) is 29.2. The maximum Gasteiger partial charge on any atom is 0.347 e. The van der Waals surface area contributed by atoms with E-state index in [2.05, 4.69) is 71.2 Å². The van der Waals surface area contributed by atoms with Crippen molar-refractivity contribution in [2.45, 2.75) is 26.9 Å². The van der Waals surface area contributed by atoms with Crippen LogP contribution in [0.15, 0.2) is 44.7 Å². The van der Waals surface area contributed by atoms with Crippen molar-refractivity contribution in [1.82, 2.24) is 9.66 Å². The quantitative estimate of drug-likeness (QED) is 0.207. The fourth-order valence-corrected chi connectivity index (χ4v) is 5.20. The molecule has 0 N–H and O–H groups in total. The molecule has 0 saturated heterocycles. The summed E-state index contributed by atoms with van der Waals surface area (Å²) >= 11 is 7.67. The van der Waals surface area contributed by atoms with Crippen molar-refractivity contribution in [1.29, 1.82) is 0 Å². The van der Waals surface area contributed by atoms with Gasteiger partial charge in [-0.2, -0.15) is 9.78 Å². The van der Waals surface area contributed by atoms with Crippen LogP contribution in [-0.4, -0.2) is 34.6 Å². The van der Waals surface area contributed by atoms with Crippen LogP contribution in [0.4, 0.5) is 0 Å². The van der Waals surface area contributed by atoms with Crippen molar-refractivity contribution < 1.29 is 14.3 Å². The molecule has 0 radical (unpaired) electrons. The Morgan fingerprint density at radius 2 is 1.97 bits per heavy atom. The molecule has 162 valence electrons. The molecule has 1 atom stereocenters. The highest BCUT2D eigenvalue weighted by Crippen LogP contribution is 2.29. The predicted molar refractivity (Wildman–Crippen MR) is 140 cm³/mol. The van der Waals surface area contributed by atoms with Crippen molar-refractivity contribution in [3.63, 3.8) is 0 Å². The second-order valence-electron chi connectivity index (χ2n) is 6.51. The van der Waals surface area contributed by atoms with Crippen molar-refractivity contribution in [2.75, 3.05) is 6.61 Å². The molecule has 0 bridgehead atoms. The smallest absolute Gasteiger partial charge is 0.347 e. The number of esters is 1. The number of benzene rings is 2. The van der Waals surface area contributed by atoms with Gasteiger partial charge in [-0.05, 0) is 102 Å². The van der Waals surface area contributed by atoms with Gasteiger partial charge in [0.25, 0.3) is 5.56 Å². The van der Waals surface area contributed by atoms with E-state index < -0.39 is 12.1 Å². The van der Waals surface area contributed by atoms with Gasteiger partial charge in [-0.25, -0.2) is 9.78 Å². The number of aryl methyl sites for hydroxylation is 1. The number of fused-ring (bicyclic) bond motifs is 1. The molecule has 0 unspecified atom stereocenters. The summed E-state index contributed by atoms with van der Waals surface area (Å²) in [7, 11) is 0. The summed E-state index contributed by atoms with van der Waals surface area (Å²) in [6, 6.07) is 9.11. The minimum atomic E-state index is -0.717. The first-order chi connectivity index (χ1) is 14.7. The molecule has 0 aliphatic rings. The summed E-state index contributed by atoms with van der Waals surface area (Å²) in [5, 5.41) is 4.84. The Balaban J connectivity index is 1.92. The second kappa shape index (κ2) is 10.4. The number of halogens is 3. The van der Waals surface area contributed by atoms with Gasteiger partial charge in [-0.1, -0.05) is 15.9 Å². The lowest BCUT2D eigenvalue weighted by Crippen LogP contribution is -2.26. The fourth-order valence-electron chi connectivity index (χ4n) is 2.77. The third-order valence-electron chi connectivity index (χ3n) is 4.23. The summed E-state index contributed by atoms with van der Waals surface area (Å²) < 4.78 is 14.5. The number of hydrogen-bond donors (Lipinski definition) is 0. The zero-order valence-corrected chi connectivity index (χ0v) is 22.8. The van der Waals surface area contributed by atoms with Crippen LogP contribution in [0.3, 0.4) is 0 Å². The third kappa shape index (κ3) is 5.64. The first-order valence-electron chi connectivity index (χ1n) is 9.26. The molecule has 0 amide bonds. The normalized spacial score (nSPS) is 12.3. The number of carbonyl (C=O) groups excluding carboxylic acids is 1. The van der Waals surface area contributed by atoms with Crippen molar-refractivity contribution in [3.05, 3.63) is 63.7 Å². The number of ether oxygens (including phenoxy) is 2. The monoisotopic (exact) mass is 709 g/mol. The second-order valence-corrected chi connectivity index (χ2v) is 9.75. The van der Waals surface area contributed by atoms with E-state index in [0.29, 0.717) is 29.1 Å². The van der Waals surface area contributed by atoms with Crippen LogP contribution < -0.4 is 10.3 Å². The highest BCUT2D eigenvalue weighted by molar-refractivity contribution is 14.1. The summed E-state index contributed by atoms with van der Waals surface area (Å²) in [5.74, 6) is 0.679. The average Bonchev–Trinajstić information content (AvgIpc) is 2.71. The molecule has 7 nitrogen and oxygen atoms in total. The third-order valence-corrected chi connectivity index (χ3v) is 6.32. The SMILES string of the molecule is CCOC(=O)[C@@H](C)Oc1c(I)cc(C=Nn2c(C)nc3ccc(Br)cc3c2=O)cc1I. The standard InChI is InChI=1S/C21H18BrI2N3O4/c1-4-30-21(29)11(2)31-19-16(23)7-13(8-17(19)24)10-25-27-12(3)26-18-6-5-14(22)9-15(18)20(27)28/h5-11H,4H2,1-3H3/t11-/m1/s1. The predicted octanol–water partition coefficient (Wildman–Crippen LogP) is 4.89. The molecule has 1 aromatic heterocycles. The maximum atomic E-state index is 12.9. The molecule has 0 spiro atoms. The van der Waals surface area contributed by atoms with Crippen molar-refractivity contribution in [2.24, 2.45) is 5.10 Å². The van der Waals surface area contributed by atoms with Crippen LogP contribution in [0.5, 0.6) is 5.75 Å². The van der Waals surface area contributed by atoms with Gasteiger partial charge in [0.15, 0.2) is 6.10 Å². The lowest BCUT2D eigenvalue weighted by atomic mass is 10.2. The van der Waals surface area contributed by atoms with E-state index in [9.17, 15) is 9.59 Å². The van der Waals surface area contributed by atoms with Crippen LogP contribution in [-0.2, 0) is 9.53 Å². The highest BCUT2D eigenvalue weighted by atomic mass is 127. The van der Waals surface area contributed by atoms with E-state index in [4.69, 9.17) is 9.47 Å². The van der Waals surface area contributed by atoms with Gasteiger partial charge >= 0.3 is 5.97 Å². The highest BCUT2D eigenvalue weighted by Gasteiger charge is 2.19. The number of aromatic nitrogens is 2. The number of rotatable bonds is 6. The fraction of sp³-hybridized carbons (Fsp3) is 0.238. The van der Waals surface area contributed by atoms with Gasteiger partial charge in [0.2, 0.25) is 0 Å². The molecule has 1 heterocycles. The number of nitrogens with zero attached hydrogens (tertiary/aromatic N) is 3. The summed E-state index contributed by atoms with van der Waals surface area (Å²) in [5.41, 5.74) is 1.16. The Hall–Kier alpha value is -1.54. The van der Waals surface area contributed by atoms with Gasteiger partial charge in [-0.3, -0.25) is 4.79 Å². The number of hydrogen-bond acceptors (Lipinski definition) is 6. The van der Waals surface area contributed by atoms with Gasteiger partial charge in [-0.15, -0.1) is 0 Å². The lowest BCUT2D eigenvalue weighted by Gasteiger charge is -2.16. The lowest BCUT2D eigenvalue weighted by molar-refractivity contribution is -0.150. The molecule has 31 heavy (non-hydrogen) atoms. The minimum absolute atomic E-state index is 0.243. The van der Waals surface area contributed by atoms with E-state index in [1.54, 1.807) is 39.1 Å². The Labute approximate surface area is 214 Å². The van der Waals surface area contributed by atoms with Gasteiger partial charge < -0.3 is 9.47 Å². The van der Waals surface area contributed by atoms with Crippen LogP contribution >= 0.6 is 61.1 Å². The van der Waals surface area contributed by atoms with E-state index in [1.165, 1.54) is 4.68 Å². The maximum absolute atomic E-state index is 12.9. The molecule has 0 aliphatic heterocycles. The van der Waals surface area contributed by atoms with E-state index in [0.717, 1.165) is 17.2 Å². The van der Waals surface area contributed by atoms with Crippen LogP contribution in [0.1, 0.15) is 25.2 Å². The van der Waals surface area contributed by atoms with Gasteiger partial charge in [0.1, 0.15) is 11.6 Å². The zero-order chi connectivity index (χ0) is 22.7.